The molecule has 1 aliphatic rings. The second kappa shape index (κ2) is 6.74. The minimum Gasteiger partial charge on any atom is -0.481 e. The fourth-order valence-corrected chi connectivity index (χ4v) is 3.54. The average Bonchev–Trinajstić information content (AvgIpc) is 3.05. The van der Waals surface area contributed by atoms with E-state index in [0.717, 1.165) is 43.5 Å². The predicted octanol–water partition coefficient (Wildman–Crippen LogP) is 1.93. The van der Waals surface area contributed by atoms with Crippen molar-refractivity contribution in [2.75, 3.05) is 20.2 Å². The van der Waals surface area contributed by atoms with Crippen molar-refractivity contribution in [3.8, 4) is 5.88 Å². The van der Waals surface area contributed by atoms with Crippen LogP contribution in [0.4, 0.5) is 0 Å². The number of aryl methyl sites for hydroxylation is 3. The zero-order chi connectivity index (χ0) is 16.4. The maximum absolute atomic E-state index is 5.51. The molecule has 126 valence electrons. The summed E-state index contributed by atoms with van der Waals surface area (Å²) in [6.45, 7) is 5.25. The number of hydrogen-bond donors (Lipinski definition) is 0. The van der Waals surface area contributed by atoms with E-state index in [1.807, 2.05) is 24.1 Å². The molecule has 0 bridgehead atoms. The molecular formula is C17H27N5O. The molecule has 0 saturated carbocycles. The van der Waals surface area contributed by atoms with Crippen LogP contribution in [-0.2, 0) is 27.1 Å². The number of likely N-dealkylation sites (tertiary alicyclic amines) is 1. The van der Waals surface area contributed by atoms with Crippen molar-refractivity contribution in [2.24, 2.45) is 20.0 Å². The Balaban J connectivity index is 1.56. The first-order chi connectivity index (χ1) is 11.1. The third-order valence-electron chi connectivity index (χ3n) is 4.96. The molecule has 3 rings (SSSR count). The summed E-state index contributed by atoms with van der Waals surface area (Å²) in [5, 5.41) is 4.48. The average molecular weight is 317 g/mol. The minimum atomic E-state index is 0.740. The van der Waals surface area contributed by atoms with Gasteiger partial charge in [0.25, 0.3) is 0 Å². The van der Waals surface area contributed by atoms with E-state index in [9.17, 15) is 0 Å². The van der Waals surface area contributed by atoms with Gasteiger partial charge in [0.2, 0.25) is 5.88 Å². The Kier molecular flexibility index (Phi) is 4.71. The highest BCUT2D eigenvalue weighted by atomic mass is 16.5. The molecule has 0 atom stereocenters. The van der Waals surface area contributed by atoms with Gasteiger partial charge in [-0.3, -0.25) is 4.90 Å². The molecular weight excluding hydrogens is 290 g/mol. The van der Waals surface area contributed by atoms with E-state index in [-0.39, 0.29) is 0 Å². The van der Waals surface area contributed by atoms with E-state index in [1.165, 1.54) is 24.2 Å². The number of nitrogens with zero attached hydrogens (tertiary/aromatic N) is 5. The first-order valence-corrected chi connectivity index (χ1v) is 8.33. The normalized spacial score (nSPS) is 16.9. The van der Waals surface area contributed by atoms with Crippen LogP contribution in [0.5, 0.6) is 5.88 Å². The van der Waals surface area contributed by atoms with Gasteiger partial charge in [-0.25, -0.2) is 9.67 Å². The fraction of sp³-hybridized carbons (Fsp3) is 0.647. The summed E-state index contributed by atoms with van der Waals surface area (Å²) >= 11 is 0. The lowest BCUT2D eigenvalue weighted by atomic mass is 9.93. The van der Waals surface area contributed by atoms with Crippen LogP contribution in [0, 0.1) is 12.8 Å². The maximum Gasteiger partial charge on any atom is 0.216 e. The number of hydrogen-bond acceptors (Lipinski definition) is 4. The molecule has 1 saturated heterocycles. The summed E-state index contributed by atoms with van der Waals surface area (Å²) in [7, 11) is 5.74. The lowest BCUT2D eigenvalue weighted by molar-refractivity contribution is 0.173. The zero-order valence-corrected chi connectivity index (χ0v) is 14.6. The van der Waals surface area contributed by atoms with Gasteiger partial charge in [0, 0.05) is 39.5 Å². The second-order valence-corrected chi connectivity index (χ2v) is 6.57. The Labute approximate surface area is 138 Å². The van der Waals surface area contributed by atoms with Gasteiger partial charge in [0.1, 0.15) is 5.82 Å². The molecule has 2 aromatic rings. The highest BCUT2D eigenvalue weighted by molar-refractivity contribution is 5.30. The monoisotopic (exact) mass is 317 g/mol. The molecule has 0 radical (unpaired) electrons. The number of piperidine rings is 1. The minimum absolute atomic E-state index is 0.740. The van der Waals surface area contributed by atoms with Crippen molar-refractivity contribution in [1.29, 1.82) is 0 Å². The van der Waals surface area contributed by atoms with E-state index in [4.69, 9.17) is 4.74 Å². The number of imidazole rings is 1. The van der Waals surface area contributed by atoms with Crippen LogP contribution in [-0.4, -0.2) is 44.4 Å². The third kappa shape index (κ3) is 3.42. The van der Waals surface area contributed by atoms with Crippen LogP contribution in [0.15, 0.2) is 12.4 Å². The van der Waals surface area contributed by atoms with Gasteiger partial charge >= 0.3 is 0 Å². The van der Waals surface area contributed by atoms with Crippen molar-refractivity contribution in [1.82, 2.24) is 24.2 Å². The lowest BCUT2D eigenvalue weighted by Gasteiger charge is -2.31. The van der Waals surface area contributed by atoms with Gasteiger partial charge in [-0.1, -0.05) is 0 Å². The van der Waals surface area contributed by atoms with Gasteiger partial charge in [0.05, 0.1) is 18.4 Å². The molecule has 0 aliphatic carbocycles. The lowest BCUT2D eigenvalue weighted by Crippen LogP contribution is -2.34. The molecule has 1 fully saturated rings. The molecule has 0 unspecified atom stereocenters. The van der Waals surface area contributed by atoms with Crippen molar-refractivity contribution in [3.05, 3.63) is 29.5 Å². The van der Waals surface area contributed by atoms with Gasteiger partial charge in [-0.05, 0) is 38.8 Å². The second-order valence-electron chi connectivity index (χ2n) is 6.57. The van der Waals surface area contributed by atoms with Crippen molar-refractivity contribution in [3.63, 3.8) is 0 Å². The molecule has 2 aromatic heterocycles. The number of methoxy groups -OCH3 is 1. The van der Waals surface area contributed by atoms with Crippen LogP contribution >= 0.6 is 0 Å². The Morgan fingerprint density at radius 2 is 2.00 bits per heavy atom. The third-order valence-corrected chi connectivity index (χ3v) is 4.96. The molecule has 0 spiro atoms. The van der Waals surface area contributed by atoms with Gasteiger partial charge in [-0.2, -0.15) is 5.10 Å². The van der Waals surface area contributed by atoms with Crippen molar-refractivity contribution in [2.45, 2.75) is 32.7 Å². The first-order valence-electron chi connectivity index (χ1n) is 8.33. The highest BCUT2D eigenvalue weighted by Crippen LogP contribution is 2.26. The molecule has 6 nitrogen and oxygen atoms in total. The Bertz CT molecular complexity index is 652. The maximum atomic E-state index is 5.51. The number of aromatic nitrogens is 4. The Morgan fingerprint density at radius 1 is 1.26 bits per heavy atom. The van der Waals surface area contributed by atoms with E-state index in [0.29, 0.717) is 0 Å². The quantitative estimate of drug-likeness (QED) is 0.845. The van der Waals surface area contributed by atoms with E-state index >= 15 is 0 Å². The van der Waals surface area contributed by atoms with Gasteiger partial charge in [0.15, 0.2) is 0 Å². The number of rotatable bonds is 5. The topological polar surface area (TPSA) is 48.1 Å². The molecule has 0 amide bonds. The SMILES string of the molecule is COc1c(CN2CCC(Cc3nccn3C)CC2)c(C)nn1C. The van der Waals surface area contributed by atoms with Crippen LogP contribution in [0.25, 0.3) is 0 Å². The summed E-state index contributed by atoms with van der Waals surface area (Å²) in [5.41, 5.74) is 2.29. The van der Waals surface area contributed by atoms with Crippen molar-refractivity contribution >= 4 is 0 Å². The zero-order valence-electron chi connectivity index (χ0n) is 14.6. The van der Waals surface area contributed by atoms with Crippen LogP contribution in [0.1, 0.15) is 29.9 Å². The van der Waals surface area contributed by atoms with Crippen molar-refractivity contribution < 1.29 is 4.74 Å². The van der Waals surface area contributed by atoms with E-state index in [1.54, 1.807) is 7.11 Å². The molecule has 0 N–H and O–H groups in total. The predicted molar refractivity (Wildman–Crippen MR) is 89.4 cm³/mol. The fourth-order valence-electron chi connectivity index (χ4n) is 3.54. The van der Waals surface area contributed by atoms with E-state index in [2.05, 4.69) is 33.5 Å². The van der Waals surface area contributed by atoms with E-state index < -0.39 is 0 Å². The van der Waals surface area contributed by atoms with Gasteiger partial charge < -0.3 is 9.30 Å². The number of ether oxygens (including phenoxy) is 1. The smallest absolute Gasteiger partial charge is 0.216 e. The largest absolute Gasteiger partial charge is 0.481 e. The van der Waals surface area contributed by atoms with Crippen LogP contribution < -0.4 is 4.74 Å². The first kappa shape index (κ1) is 16.1. The molecule has 6 heteroatoms. The molecule has 3 heterocycles. The van der Waals surface area contributed by atoms with Crippen LogP contribution in [0.3, 0.4) is 0 Å². The molecule has 0 aromatic carbocycles. The Hall–Kier alpha value is -1.82. The highest BCUT2D eigenvalue weighted by Gasteiger charge is 2.23. The summed E-state index contributed by atoms with van der Waals surface area (Å²) in [4.78, 5) is 6.97. The summed E-state index contributed by atoms with van der Waals surface area (Å²) in [5.74, 6) is 2.83. The Morgan fingerprint density at radius 3 is 2.61 bits per heavy atom. The molecule has 23 heavy (non-hydrogen) atoms. The standard InChI is InChI=1S/C17H27N5O/c1-13-15(17(23-4)21(3)19-13)12-22-8-5-14(6-9-22)11-16-18-7-10-20(16)2/h7,10,14H,5-6,8-9,11-12H2,1-4H3. The summed E-state index contributed by atoms with van der Waals surface area (Å²) < 4.78 is 9.47. The molecule has 1 aliphatic heterocycles. The summed E-state index contributed by atoms with van der Waals surface area (Å²) in [6, 6.07) is 0. The summed E-state index contributed by atoms with van der Waals surface area (Å²) in [6.07, 6.45) is 7.47. The van der Waals surface area contributed by atoms with Gasteiger partial charge in [-0.15, -0.1) is 0 Å². The van der Waals surface area contributed by atoms with Crippen LogP contribution in [0.2, 0.25) is 0 Å².